The normalized spacial score (nSPS) is 16.6. The number of carbonyl (C=O) groups excluding carboxylic acids is 1. The lowest BCUT2D eigenvalue weighted by Gasteiger charge is -2.15. The summed E-state index contributed by atoms with van der Waals surface area (Å²) in [6.45, 7) is 0.223. The maximum atomic E-state index is 13.8. The summed E-state index contributed by atoms with van der Waals surface area (Å²) in [7, 11) is 0. The first-order valence-corrected chi connectivity index (χ1v) is 9.28. The van der Waals surface area contributed by atoms with Gasteiger partial charge in [0.1, 0.15) is 5.56 Å². The van der Waals surface area contributed by atoms with Crippen molar-refractivity contribution in [2.75, 3.05) is 6.54 Å². The topological polar surface area (TPSA) is 96.1 Å². The Morgan fingerprint density at radius 3 is 2.72 bits per heavy atom. The number of halogens is 2. The molecule has 0 bridgehead atoms. The van der Waals surface area contributed by atoms with Gasteiger partial charge in [0.15, 0.2) is 17.2 Å². The van der Waals surface area contributed by atoms with Crippen LogP contribution in [0.5, 0.6) is 5.75 Å². The molecule has 1 aromatic carbocycles. The van der Waals surface area contributed by atoms with Crippen LogP contribution in [0.1, 0.15) is 48.5 Å². The summed E-state index contributed by atoms with van der Waals surface area (Å²) in [6, 6.07) is 0.635. The van der Waals surface area contributed by atoms with E-state index >= 15 is 0 Å². The van der Waals surface area contributed by atoms with Crippen LogP contribution in [-0.2, 0) is 0 Å². The number of phenols is 1. The Labute approximate surface area is 164 Å². The van der Waals surface area contributed by atoms with Gasteiger partial charge in [-0.25, -0.2) is 4.39 Å². The van der Waals surface area contributed by atoms with Crippen LogP contribution in [0.4, 0.5) is 8.78 Å². The minimum absolute atomic E-state index is 0.0866. The highest BCUT2D eigenvalue weighted by atomic mass is 19.2. The van der Waals surface area contributed by atoms with Gasteiger partial charge in [0.2, 0.25) is 11.2 Å². The van der Waals surface area contributed by atoms with Gasteiger partial charge in [-0.3, -0.25) is 9.59 Å². The molecule has 0 unspecified atom stereocenters. The van der Waals surface area contributed by atoms with Crippen LogP contribution in [0.15, 0.2) is 27.3 Å². The van der Waals surface area contributed by atoms with Gasteiger partial charge < -0.3 is 15.0 Å². The molecule has 9 heteroatoms. The van der Waals surface area contributed by atoms with Gasteiger partial charge in [0, 0.05) is 38.0 Å². The standard InChI is InChI=1S/C20H18F2N4O3/c1-2-3-6-20(24-25-20)7-8-23-19(29)13-10-26(11-4-5-11)16-12(17(13)27)9-14(21)15(22)18(16)28/h1,9-11,28H,3-8H2,(H,23,29). The third-order valence-corrected chi connectivity index (χ3v) is 5.23. The number of hydrogen-bond acceptors (Lipinski definition) is 5. The van der Waals surface area contributed by atoms with Gasteiger partial charge in [-0.05, 0) is 18.9 Å². The fourth-order valence-electron chi connectivity index (χ4n) is 3.39. The zero-order valence-electron chi connectivity index (χ0n) is 15.4. The second-order valence-corrected chi connectivity index (χ2v) is 7.32. The quantitative estimate of drug-likeness (QED) is 0.700. The molecule has 2 N–H and O–H groups in total. The van der Waals surface area contributed by atoms with Crippen molar-refractivity contribution < 1.29 is 18.7 Å². The molecular weight excluding hydrogens is 382 g/mol. The number of pyridine rings is 1. The molecule has 0 saturated heterocycles. The molecular formula is C20H18F2N4O3. The van der Waals surface area contributed by atoms with Crippen molar-refractivity contribution in [3.63, 3.8) is 0 Å². The molecule has 2 heterocycles. The minimum Gasteiger partial charge on any atom is -0.503 e. The molecule has 1 aliphatic carbocycles. The molecule has 0 atom stereocenters. The lowest BCUT2D eigenvalue weighted by molar-refractivity contribution is 0.0950. The Morgan fingerprint density at radius 1 is 1.38 bits per heavy atom. The van der Waals surface area contributed by atoms with Crippen LogP contribution in [0.3, 0.4) is 0 Å². The number of aromatic nitrogens is 1. The summed E-state index contributed by atoms with van der Waals surface area (Å²) in [4.78, 5) is 25.4. The SMILES string of the molecule is C#CCCC1(CCNC(=O)c2cn(C3CC3)c3c(O)c(F)c(F)cc3c2=O)N=N1. The smallest absolute Gasteiger partial charge is 0.256 e. The fraction of sp³-hybridized carbons (Fsp3) is 0.400. The number of hydrogen-bond donors (Lipinski definition) is 2. The second-order valence-electron chi connectivity index (χ2n) is 7.32. The Hall–Kier alpha value is -3.28. The van der Waals surface area contributed by atoms with Gasteiger partial charge in [-0.2, -0.15) is 14.6 Å². The third-order valence-electron chi connectivity index (χ3n) is 5.23. The second kappa shape index (κ2) is 6.95. The van der Waals surface area contributed by atoms with Gasteiger partial charge in [0.05, 0.1) is 10.9 Å². The van der Waals surface area contributed by atoms with Crippen LogP contribution >= 0.6 is 0 Å². The Bertz CT molecular complexity index is 1140. The van der Waals surface area contributed by atoms with E-state index in [2.05, 4.69) is 21.5 Å². The molecule has 150 valence electrons. The molecule has 1 saturated carbocycles. The molecule has 0 spiro atoms. The Kier molecular flexibility index (Phi) is 4.57. The van der Waals surface area contributed by atoms with Crippen molar-refractivity contribution in [1.82, 2.24) is 9.88 Å². The van der Waals surface area contributed by atoms with Crippen molar-refractivity contribution in [3.8, 4) is 18.1 Å². The molecule has 2 aromatic rings. The number of terminal acetylenes is 1. The van der Waals surface area contributed by atoms with Gasteiger partial charge in [-0.1, -0.05) is 0 Å². The molecule has 1 fully saturated rings. The van der Waals surface area contributed by atoms with Crippen LogP contribution < -0.4 is 10.7 Å². The zero-order valence-corrected chi connectivity index (χ0v) is 15.4. The maximum absolute atomic E-state index is 13.8. The Balaban J connectivity index is 1.61. The molecule has 0 radical (unpaired) electrons. The van der Waals surface area contributed by atoms with E-state index < -0.39 is 34.4 Å². The van der Waals surface area contributed by atoms with Gasteiger partial charge in [0.25, 0.3) is 5.91 Å². The van der Waals surface area contributed by atoms with Gasteiger partial charge in [-0.15, -0.1) is 12.3 Å². The first-order chi connectivity index (χ1) is 13.9. The van der Waals surface area contributed by atoms with Crippen LogP contribution in [0.25, 0.3) is 10.9 Å². The number of phenolic OH excluding ortho intramolecular Hbond substituents is 1. The molecule has 4 rings (SSSR count). The van der Waals surface area contributed by atoms with Crippen molar-refractivity contribution in [2.45, 2.75) is 43.8 Å². The predicted molar refractivity (Wildman–Crippen MR) is 101 cm³/mol. The fourth-order valence-corrected chi connectivity index (χ4v) is 3.39. The maximum Gasteiger partial charge on any atom is 0.256 e. The summed E-state index contributed by atoms with van der Waals surface area (Å²) < 4.78 is 29.1. The van der Waals surface area contributed by atoms with E-state index in [-0.39, 0.29) is 29.1 Å². The third kappa shape index (κ3) is 3.46. The molecule has 7 nitrogen and oxygen atoms in total. The zero-order chi connectivity index (χ0) is 20.8. The highest BCUT2D eigenvalue weighted by molar-refractivity contribution is 5.98. The lowest BCUT2D eigenvalue weighted by Crippen LogP contribution is -2.32. The Morgan fingerprint density at radius 2 is 2.10 bits per heavy atom. The van der Waals surface area contributed by atoms with Crippen LogP contribution in [0, 0.1) is 24.0 Å². The lowest BCUT2D eigenvalue weighted by atomic mass is 10.0. The molecule has 29 heavy (non-hydrogen) atoms. The van der Waals surface area contributed by atoms with Gasteiger partial charge >= 0.3 is 0 Å². The molecule has 2 aliphatic rings. The van der Waals surface area contributed by atoms with E-state index in [0.29, 0.717) is 19.3 Å². The summed E-state index contributed by atoms with van der Waals surface area (Å²) in [5.74, 6) is -1.81. The largest absolute Gasteiger partial charge is 0.503 e. The van der Waals surface area contributed by atoms with E-state index in [1.165, 1.54) is 10.8 Å². The summed E-state index contributed by atoms with van der Waals surface area (Å²) in [5.41, 5.74) is -1.63. The summed E-state index contributed by atoms with van der Waals surface area (Å²) >= 11 is 0. The highest BCUT2D eigenvalue weighted by Crippen LogP contribution is 2.40. The average Bonchev–Trinajstić information content (AvgIpc) is 3.61. The number of nitrogens with zero attached hydrogens (tertiary/aromatic N) is 3. The summed E-state index contributed by atoms with van der Waals surface area (Å²) in [6.07, 6.45) is 9.60. The van der Waals surface area contributed by atoms with E-state index in [1.807, 2.05) is 0 Å². The average molecular weight is 400 g/mol. The number of benzene rings is 1. The van der Waals surface area contributed by atoms with E-state index in [0.717, 1.165) is 18.9 Å². The number of carbonyl (C=O) groups is 1. The van der Waals surface area contributed by atoms with Crippen molar-refractivity contribution >= 4 is 16.8 Å². The van der Waals surface area contributed by atoms with E-state index in [4.69, 9.17) is 6.42 Å². The predicted octanol–water partition coefficient (Wildman–Crippen LogP) is 3.02. The number of fused-ring (bicyclic) bond motifs is 1. The van der Waals surface area contributed by atoms with Crippen molar-refractivity contribution in [2.24, 2.45) is 10.2 Å². The van der Waals surface area contributed by atoms with Crippen molar-refractivity contribution in [1.29, 1.82) is 0 Å². The summed E-state index contributed by atoms with van der Waals surface area (Å²) in [5, 5.41) is 20.4. The van der Waals surface area contributed by atoms with E-state index in [1.54, 1.807) is 0 Å². The molecule has 1 aliphatic heterocycles. The first kappa shape index (κ1) is 19.1. The molecule has 1 aromatic heterocycles. The minimum atomic E-state index is -1.42. The monoisotopic (exact) mass is 400 g/mol. The number of amides is 1. The van der Waals surface area contributed by atoms with E-state index in [9.17, 15) is 23.5 Å². The highest BCUT2D eigenvalue weighted by Gasteiger charge is 2.38. The number of aromatic hydroxyl groups is 1. The molecule has 1 amide bonds. The van der Waals surface area contributed by atoms with Crippen molar-refractivity contribution in [3.05, 3.63) is 39.7 Å². The first-order valence-electron chi connectivity index (χ1n) is 9.28. The van der Waals surface area contributed by atoms with Crippen LogP contribution in [-0.4, -0.2) is 27.8 Å². The number of rotatable bonds is 7. The number of nitrogens with one attached hydrogen (secondary N) is 1. The van der Waals surface area contributed by atoms with Crippen LogP contribution in [0.2, 0.25) is 0 Å².